The second-order valence-electron chi connectivity index (χ2n) is 4.30. The van der Waals surface area contributed by atoms with Crippen molar-refractivity contribution in [3.63, 3.8) is 0 Å². The number of aromatic nitrogens is 3. The third-order valence-electron chi connectivity index (χ3n) is 3.03. The van der Waals surface area contributed by atoms with Crippen molar-refractivity contribution < 1.29 is 4.74 Å². The molecule has 0 fully saturated rings. The zero-order valence-corrected chi connectivity index (χ0v) is 12.1. The molecule has 1 atom stereocenters. The summed E-state index contributed by atoms with van der Waals surface area (Å²) in [5.74, 6) is 0.700. The van der Waals surface area contributed by atoms with E-state index < -0.39 is 0 Å². The number of hydrogen-bond acceptors (Lipinski definition) is 5. The van der Waals surface area contributed by atoms with Gasteiger partial charge in [0, 0.05) is 11.9 Å². The first-order valence-electron chi connectivity index (χ1n) is 5.72. The Balaban J connectivity index is 2.48. The van der Waals surface area contributed by atoms with Crippen LogP contribution in [-0.4, -0.2) is 21.9 Å². The average Bonchev–Trinajstić information content (AvgIpc) is 2.78. The zero-order chi connectivity index (χ0) is 13.4. The lowest BCUT2D eigenvalue weighted by Crippen LogP contribution is -2.13. The standard InChI is InChI=1S/C12H18N4OS/c1-6-8(3)18-11(14-6)10(13)9-7(2)15-16(4)12(9)17-5/h10H,13H2,1-5H3. The van der Waals surface area contributed by atoms with E-state index >= 15 is 0 Å². The molecule has 0 saturated heterocycles. The highest BCUT2D eigenvalue weighted by molar-refractivity contribution is 7.11. The van der Waals surface area contributed by atoms with Gasteiger partial charge in [0.25, 0.3) is 0 Å². The van der Waals surface area contributed by atoms with Crippen molar-refractivity contribution in [3.8, 4) is 5.88 Å². The summed E-state index contributed by atoms with van der Waals surface area (Å²) in [7, 11) is 3.48. The van der Waals surface area contributed by atoms with Crippen LogP contribution in [0.2, 0.25) is 0 Å². The molecule has 0 aliphatic rings. The Morgan fingerprint density at radius 2 is 1.94 bits per heavy atom. The number of methoxy groups -OCH3 is 1. The monoisotopic (exact) mass is 266 g/mol. The van der Waals surface area contributed by atoms with Gasteiger partial charge in [-0.1, -0.05) is 0 Å². The van der Waals surface area contributed by atoms with Crippen molar-refractivity contribution in [1.29, 1.82) is 0 Å². The topological polar surface area (TPSA) is 66.0 Å². The summed E-state index contributed by atoms with van der Waals surface area (Å²) in [6, 6.07) is -0.286. The highest BCUT2D eigenvalue weighted by Crippen LogP contribution is 2.33. The van der Waals surface area contributed by atoms with Crippen molar-refractivity contribution in [2.45, 2.75) is 26.8 Å². The molecule has 1 unspecified atom stereocenters. The van der Waals surface area contributed by atoms with Crippen LogP contribution in [0.5, 0.6) is 5.88 Å². The molecule has 0 spiro atoms. The maximum Gasteiger partial charge on any atom is 0.216 e. The highest BCUT2D eigenvalue weighted by Gasteiger charge is 2.24. The number of aryl methyl sites for hydroxylation is 4. The first kappa shape index (κ1) is 13.0. The van der Waals surface area contributed by atoms with Crippen LogP contribution >= 0.6 is 11.3 Å². The van der Waals surface area contributed by atoms with Crippen molar-refractivity contribution in [1.82, 2.24) is 14.8 Å². The van der Waals surface area contributed by atoms with Crippen LogP contribution < -0.4 is 10.5 Å². The van der Waals surface area contributed by atoms with Crippen molar-refractivity contribution in [2.24, 2.45) is 12.8 Å². The molecule has 6 heteroatoms. The Bertz CT molecular complexity index is 553. The van der Waals surface area contributed by atoms with Crippen molar-refractivity contribution in [3.05, 3.63) is 26.8 Å². The first-order chi connectivity index (χ1) is 8.45. The molecule has 0 radical (unpaired) electrons. The van der Waals surface area contributed by atoms with Gasteiger partial charge in [0.2, 0.25) is 5.88 Å². The quantitative estimate of drug-likeness (QED) is 0.921. The van der Waals surface area contributed by atoms with Gasteiger partial charge in [-0.2, -0.15) is 5.10 Å². The minimum Gasteiger partial charge on any atom is -0.481 e. The first-order valence-corrected chi connectivity index (χ1v) is 6.54. The van der Waals surface area contributed by atoms with Gasteiger partial charge in [-0.3, -0.25) is 0 Å². The molecular weight excluding hydrogens is 248 g/mol. The maximum atomic E-state index is 6.30. The number of nitrogens with zero attached hydrogens (tertiary/aromatic N) is 3. The summed E-state index contributed by atoms with van der Waals surface area (Å²) in [6.07, 6.45) is 0. The van der Waals surface area contributed by atoms with E-state index in [9.17, 15) is 0 Å². The van der Waals surface area contributed by atoms with E-state index in [0.29, 0.717) is 5.88 Å². The summed E-state index contributed by atoms with van der Waals surface area (Å²) in [6.45, 7) is 5.98. The number of rotatable bonds is 3. The summed E-state index contributed by atoms with van der Waals surface area (Å²) in [4.78, 5) is 5.71. The molecule has 2 heterocycles. The largest absolute Gasteiger partial charge is 0.481 e. The van der Waals surface area contributed by atoms with E-state index in [1.54, 1.807) is 23.1 Å². The minimum absolute atomic E-state index is 0.286. The molecular formula is C12H18N4OS. The summed E-state index contributed by atoms with van der Waals surface area (Å²) >= 11 is 1.63. The predicted octanol–water partition coefficient (Wildman–Crippen LogP) is 1.86. The molecule has 0 aliphatic heterocycles. The zero-order valence-electron chi connectivity index (χ0n) is 11.3. The summed E-state index contributed by atoms with van der Waals surface area (Å²) in [5, 5.41) is 5.25. The minimum atomic E-state index is -0.286. The lowest BCUT2D eigenvalue weighted by molar-refractivity contribution is 0.368. The lowest BCUT2D eigenvalue weighted by Gasteiger charge is -2.10. The van der Waals surface area contributed by atoms with Crippen molar-refractivity contribution >= 4 is 11.3 Å². The van der Waals surface area contributed by atoms with E-state index in [-0.39, 0.29) is 6.04 Å². The third kappa shape index (κ3) is 2.02. The van der Waals surface area contributed by atoms with Crippen LogP contribution in [0.3, 0.4) is 0 Å². The van der Waals surface area contributed by atoms with Gasteiger partial charge < -0.3 is 10.5 Å². The molecule has 0 aliphatic carbocycles. The van der Waals surface area contributed by atoms with E-state index in [0.717, 1.165) is 22.0 Å². The average molecular weight is 266 g/mol. The predicted molar refractivity (Wildman–Crippen MR) is 72.1 cm³/mol. The van der Waals surface area contributed by atoms with Gasteiger partial charge in [-0.25, -0.2) is 9.67 Å². The van der Waals surface area contributed by atoms with Crippen LogP contribution in [0.15, 0.2) is 0 Å². The van der Waals surface area contributed by atoms with Crippen molar-refractivity contribution in [2.75, 3.05) is 7.11 Å². The SMILES string of the molecule is COc1c(C(N)c2nc(C)c(C)s2)c(C)nn1C. The van der Waals surface area contributed by atoms with Crippen LogP contribution in [0.25, 0.3) is 0 Å². The molecule has 2 rings (SSSR count). The van der Waals surface area contributed by atoms with Gasteiger partial charge in [0.05, 0.1) is 30.1 Å². The summed E-state index contributed by atoms with van der Waals surface area (Å²) < 4.78 is 7.08. The molecule has 2 aromatic rings. The molecule has 2 aromatic heterocycles. The van der Waals surface area contributed by atoms with Gasteiger partial charge in [-0.15, -0.1) is 11.3 Å². The van der Waals surface area contributed by atoms with E-state index in [1.165, 1.54) is 4.88 Å². The fourth-order valence-corrected chi connectivity index (χ4v) is 2.94. The number of thiazole rings is 1. The molecule has 0 aromatic carbocycles. The Hall–Kier alpha value is -1.40. The van der Waals surface area contributed by atoms with E-state index in [4.69, 9.17) is 10.5 Å². The normalized spacial score (nSPS) is 12.8. The van der Waals surface area contributed by atoms with Crippen LogP contribution in [0, 0.1) is 20.8 Å². The number of hydrogen-bond donors (Lipinski definition) is 1. The van der Waals surface area contributed by atoms with Crippen LogP contribution in [0.1, 0.15) is 32.9 Å². The van der Waals surface area contributed by atoms with Gasteiger partial charge in [0.1, 0.15) is 5.01 Å². The highest BCUT2D eigenvalue weighted by atomic mass is 32.1. The Morgan fingerprint density at radius 3 is 2.44 bits per heavy atom. The van der Waals surface area contributed by atoms with E-state index in [1.807, 2.05) is 20.9 Å². The van der Waals surface area contributed by atoms with E-state index in [2.05, 4.69) is 17.0 Å². The van der Waals surface area contributed by atoms with Crippen LogP contribution in [-0.2, 0) is 7.05 Å². The molecule has 2 N–H and O–H groups in total. The Kier molecular flexibility index (Phi) is 3.41. The molecule has 0 bridgehead atoms. The van der Waals surface area contributed by atoms with Gasteiger partial charge in [-0.05, 0) is 20.8 Å². The molecule has 98 valence electrons. The lowest BCUT2D eigenvalue weighted by atomic mass is 10.1. The number of ether oxygens (including phenoxy) is 1. The second-order valence-corrected chi connectivity index (χ2v) is 5.54. The second kappa shape index (κ2) is 4.70. The number of nitrogens with two attached hydrogens (primary N) is 1. The molecule has 18 heavy (non-hydrogen) atoms. The summed E-state index contributed by atoms with van der Waals surface area (Å²) in [5.41, 5.74) is 9.13. The molecule has 0 amide bonds. The molecule has 5 nitrogen and oxygen atoms in total. The maximum absolute atomic E-state index is 6.30. The smallest absolute Gasteiger partial charge is 0.216 e. The van der Waals surface area contributed by atoms with Crippen LogP contribution in [0.4, 0.5) is 0 Å². The van der Waals surface area contributed by atoms with Gasteiger partial charge >= 0.3 is 0 Å². The Morgan fingerprint density at radius 1 is 1.28 bits per heavy atom. The molecule has 0 saturated carbocycles. The third-order valence-corrected chi connectivity index (χ3v) is 4.19. The Labute approximate surface area is 111 Å². The van der Waals surface area contributed by atoms with Gasteiger partial charge in [0.15, 0.2) is 0 Å². The fourth-order valence-electron chi connectivity index (χ4n) is 2.01. The fraction of sp³-hybridized carbons (Fsp3) is 0.500.